The van der Waals surface area contributed by atoms with Crippen molar-refractivity contribution in [2.45, 2.75) is 13.3 Å². The van der Waals surface area contributed by atoms with Crippen molar-refractivity contribution in [2.75, 3.05) is 18.6 Å². The van der Waals surface area contributed by atoms with Gasteiger partial charge in [-0.25, -0.2) is 0 Å². The molecule has 0 aliphatic heterocycles. The molecule has 0 saturated carbocycles. The zero-order valence-corrected chi connectivity index (χ0v) is 12.2. The number of carbonyl (C=O) groups excluding carboxylic acids is 1. The highest BCUT2D eigenvalue weighted by molar-refractivity contribution is 8.09. The first-order valence-corrected chi connectivity index (χ1v) is 8.28. The van der Waals surface area contributed by atoms with Gasteiger partial charge in [-0.2, -0.15) is 4.79 Å². The Balaban J connectivity index is 1.99. The summed E-state index contributed by atoms with van der Waals surface area (Å²) in [7, 11) is -0.310. The third-order valence-corrected chi connectivity index (χ3v) is 4.56. The highest BCUT2D eigenvalue weighted by Crippen LogP contribution is 2.16. The van der Waals surface area contributed by atoms with E-state index in [4.69, 9.17) is 4.74 Å². The molecule has 0 radical (unpaired) electrons. The molecule has 0 aliphatic rings. The third kappa shape index (κ3) is 3.74. The van der Waals surface area contributed by atoms with Crippen LogP contribution < -0.4 is 0 Å². The molecule has 0 saturated heterocycles. The zero-order chi connectivity index (χ0) is 13.7. The van der Waals surface area contributed by atoms with Crippen LogP contribution >= 0.6 is 0 Å². The first-order valence-electron chi connectivity index (χ1n) is 6.47. The largest absolute Gasteiger partial charge is 0.525 e. The lowest BCUT2D eigenvalue weighted by molar-refractivity contribution is 0.181. The molecule has 0 amide bonds. The van der Waals surface area contributed by atoms with E-state index in [1.54, 1.807) is 0 Å². The molecule has 2 rings (SSSR count). The van der Waals surface area contributed by atoms with Crippen LogP contribution in [-0.4, -0.2) is 23.9 Å². The molecule has 2 aromatic rings. The van der Waals surface area contributed by atoms with E-state index in [9.17, 15) is 4.79 Å². The summed E-state index contributed by atoms with van der Waals surface area (Å²) in [6.07, 6.45) is 2.88. The molecular formula is C16H19O2S+. The molecule has 0 spiro atoms. The predicted molar refractivity (Wildman–Crippen MR) is 82.8 cm³/mol. The Morgan fingerprint density at radius 3 is 2.63 bits per heavy atom. The summed E-state index contributed by atoms with van der Waals surface area (Å²) in [6, 6.07) is 14.8. The number of carbonyl (C=O) groups is 1. The third-order valence-electron chi connectivity index (χ3n) is 3.06. The maximum absolute atomic E-state index is 11.6. The van der Waals surface area contributed by atoms with Crippen LogP contribution in [0.25, 0.3) is 10.8 Å². The summed E-state index contributed by atoms with van der Waals surface area (Å²) in [4.78, 5) is 11.6. The van der Waals surface area contributed by atoms with Crippen molar-refractivity contribution in [1.82, 2.24) is 0 Å². The summed E-state index contributed by atoms with van der Waals surface area (Å²) < 4.78 is 5.04. The molecule has 1 atom stereocenters. The highest BCUT2D eigenvalue weighted by Gasteiger charge is 2.24. The number of fused-ring (bicyclic) bond motifs is 1. The number of hydrogen-bond acceptors (Lipinski definition) is 2. The second kappa shape index (κ2) is 6.62. The molecule has 0 bridgehead atoms. The number of benzene rings is 2. The van der Waals surface area contributed by atoms with E-state index in [0.717, 1.165) is 12.2 Å². The Hall–Kier alpha value is -1.48. The van der Waals surface area contributed by atoms with Crippen LogP contribution in [0, 0.1) is 0 Å². The summed E-state index contributed by atoms with van der Waals surface area (Å²) >= 11 is 0. The fraction of sp³-hybridized carbons (Fsp3) is 0.312. The average molecular weight is 275 g/mol. The van der Waals surface area contributed by atoms with Gasteiger partial charge in [-0.05, 0) is 23.3 Å². The van der Waals surface area contributed by atoms with Gasteiger partial charge < -0.3 is 4.74 Å². The van der Waals surface area contributed by atoms with Gasteiger partial charge >= 0.3 is 5.30 Å². The van der Waals surface area contributed by atoms with Gasteiger partial charge in [0.15, 0.2) is 0 Å². The molecule has 19 heavy (non-hydrogen) atoms. The minimum atomic E-state index is -0.310. The van der Waals surface area contributed by atoms with E-state index in [2.05, 4.69) is 36.4 Å². The van der Waals surface area contributed by atoms with E-state index < -0.39 is 0 Å². The molecular weight excluding hydrogens is 256 g/mol. The van der Waals surface area contributed by atoms with E-state index in [1.165, 1.54) is 16.3 Å². The predicted octanol–water partition coefficient (Wildman–Crippen LogP) is 3.79. The van der Waals surface area contributed by atoms with Gasteiger partial charge in [0.25, 0.3) is 0 Å². The summed E-state index contributed by atoms with van der Waals surface area (Å²) in [5, 5.41) is 2.45. The van der Waals surface area contributed by atoms with Crippen LogP contribution in [0.15, 0.2) is 42.5 Å². The highest BCUT2D eigenvalue weighted by atomic mass is 32.2. The van der Waals surface area contributed by atoms with Crippen molar-refractivity contribution >= 4 is 27.0 Å². The Morgan fingerprint density at radius 1 is 1.16 bits per heavy atom. The fourth-order valence-electron chi connectivity index (χ4n) is 1.97. The van der Waals surface area contributed by atoms with Gasteiger partial charge in [0.05, 0.1) is 6.61 Å². The van der Waals surface area contributed by atoms with E-state index in [1.807, 2.05) is 19.2 Å². The first kappa shape index (κ1) is 13.9. The van der Waals surface area contributed by atoms with E-state index in [0.29, 0.717) is 6.61 Å². The van der Waals surface area contributed by atoms with Crippen LogP contribution in [0.3, 0.4) is 0 Å². The second-order valence-electron chi connectivity index (χ2n) is 4.46. The van der Waals surface area contributed by atoms with Crippen LogP contribution in [0.2, 0.25) is 0 Å². The minimum Gasteiger partial charge on any atom is -0.426 e. The molecule has 0 aliphatic carbocycles. The number of rotatable bonds is 4. The first-order chi connectivity index (χ1) is 9.20. The van der Waals surface area contributed by atoms with Gasteiger partial charge in [0, 0.05) is 6.42 Å². The molecule has 0 N–H and O–H groups in total. The lowest BCUT2D eigenvalue weighted by atomic mass is 10.1. The molecule has 0 heterocycles. The average Bonchev–Trinajstić information content (AvgIpc) is 2.44. The molecule has 1 unspecified atom stereocenters. The topological polar surface area (TPSA) is 26.3 Å². The van der Waals surface area contributed by atoms with Crippen molar-refractivity contribution in [3.05, 3.63) is 48.0 Å². The summed E-state index contributed by atoms with van der Waals surface area (Å²) in [6.45, 7) is 2.31. The molecule has 0 aromatic heterocycles. The molecule has 0 fully saturated rings. The van der Waals surface area contributed by atoms with Crippen molar-refractivity contribution in [3.8, 4) is 0 Å². The van der Waals surface area contributed by atoms with E-state index >= 15 is 0 Å². The Kier molecular flexibility index (Phi) is 4.86. The smallest absolute Gasteiger partial charge is 0.426 e. The monoisotopic (exact) mass is 275 g/mol. The van der Waals surface area contributed by atoms with Crippen molar-refractivity contribution in [1.29, 1.82) is 0 Å². The Morgan fingerprint density at radius 2 is 1.89 bits per heavy atom. The van der Waals surface area contributed by atoms with Crippen LogP contribution in [0.4, 0.5) is 4.79 Å². The van der Waals surface area contributed by atoms with Gasteiger partial charge in [-0.3, -0.25) is 0 Å². The maximum atomic E-state index is 11.6. The minimum absolute atomic E-state index is 0.0664. The SMILES string of the molecule is CCOC(=O)[S+](C)CCc1ccc2ccccc2c1. The summed E-state index contributed by atoms with van der Waals surface area (Å²) in [5.74, 6) is 0.858. The Bertz CT molecular complexity index is 565. The molecule has 100 valence electrons. The van der Waals surface area contributed by atoms with Gasteiger partial charge in [0.1, 0.15) is 22.9 Å². The second-order valence-corrected chi connectivity index (χ2v) is 6.47. The van der Waals surface area contributed by atoms with Crippen molar-refractivity contribution in [3.63, 3.8) is 0 Å². The molecule has 3 heteroatoms. The van der Waals surface area contributed by atoms with Crippen LogP contribution in [-0.2, 0) is 22.1 Å². The van der Waals surface area contributed by atoms with Crippen molar-refractivity contribution < 1.29 is 9.53 Å². The lowest BCUT2D eigenvalue weighted by Gasteiger charge is -2.04. The number of ether oxygens (including phenoxy) is 1. The Labute approximate surface area is 117 Å². The van der Waals surface area contributed by atoms with Gasteiger partial charge in [-0.15, -0.1) is 0 Å². The lowest BCUT2D eigenvalue weighted by Crippen LogP contribution is -2.19. The van der Waals surface area contributed by atoms with Crippen LogP contribution in [0.5, 0.6) is 0 Å². The van der Waals surface area contributed by atoms with Gasteiger partial charge in [-0.1, -0.05) is 42.5 Å². The van der Waals surface area contributed by atoms with Crippen molar-refractivity contribution in [2.24, 2.45) is 0 Å². The zero-order valence-electron chi connectivity index (χ0n) is 11.4. The van der Waals surface area contributed by atoms with Crippen LogP contribution in [0.1, 0.15) is 12.5 Å². The number of hydrogen-bond donors (Lipinski definition) is 0. The normalized spacial score (nSPS) is 12.3. The number of aryl methyl sites for hydroxylation is 1. The maximum Gasteiger partial charge on any atom is 0.525 e. The standard InChI is InChI=1S/C16H19O2S/c1-3-18-16(17)19(2)11-10-13-8-9-14-6-4-5-7-15(14)12-13/h4-9,12H,3,10-11H2,1-2H3/q+1. The fourth-order valence-corrected chi connectivity index (χ4v) is 2.99. The molecule has 2 aromatic carbocycles. The quantitative estimate of drug-likeness (QED) is 0.627. The van der Waals surface area contributed by atoms with Gasteiger partial charge in [0.2, 0.25) is 0 Å². The van der Waals surface area contributed by atoms with E-state index in [-0.39, 0.29) is 16.2 Å². The summed E-state index contributed by atoms with van der Waals surface area (Å²) in [5.41, 5.74) is 1.28. The molecule has 2 nitrogen and oxygen atoms in total.